The number of hydrogen-bond donors (Lipinski definition) is 0. The second-order valence-corrected chi connectivity index (χ2v) is 2.56. The predicted molar refractivity (Wildman–Crippen MR) is 43.9 cm³/mol. The van der Waals surface area contributed by atoms with Gasteiger partial charge in [0.25, 0.3) is 0 Å². The van der Waals surface area contributed by atoms with E-state index in [9.17, 15) is 0 Å². The minimum atomic E-state index is 0. The summed E-state index contributed by atoms with van der Waals surface area (Å²) in [7, 11) is 0. The van der Waals surface area contributed by atoms with Gasteiger partial charge in [-0.15, -0.1) is 0 Å². The average molecular weight is 208 g/mol. The van der Waals surface area contributed by atoms with Crippen molar-refractivity contribution in [3.8, 4) is 5.75 Å². The summed E-state index contributed by atoms with van der Waals surface area (Å²) in [5.74, 6) is 1.08. The van der Waals surface area contributed by atoms with E-state index in [2.05, 4.69) is 12.1 Å². The third-order valence-corrected chi connectivity index (χ3v) is 1.82. The van der Waals surface area contributed by atoms with Crippen LogP contribution in [0.1, 0.15) is 12.0 Å². The standard InChI is InChI=1S/C9H10O.Fe.H2O/c1-2-6-9-8(4-1)5-3-7-10-9;;/h1-2,4,6H,3,5,7H2;;1H2. The van der Waals surface area contributed by atoms with Gasteiger partial charge in [0.1, 0.15) is 5.75 Å². The molecule has 0 bridgehead atoms. The molecular formula is C9H12FeO2. The van der Waals surface area contributed by atoms with Gasteiger partial charge in [-0.2, -0.15) is 0 Å². The number of aryl methyl sites for hydroxylation is 1. The van der Waals surface area contributed by atoms with Crippen LogP contribution in [0.2, 0.25) is 0 Å². The van der Waals surface area contributed by atoms with Crippen molar-refractivity contribution in [3.63, 3.8) is 0 Å². The first-order valence-electron chi connectivity index (χ1n) is 3.67. The van der Waals surface area contributed by atoms with Gasteiger partial charge in [0, 0.05) is 17.1 Å². The van der Waals surface area contributed by atoms with E-state index in [0.29, 0.717) is 0 Å². The molecule has 0 aliphatic carbocycles. The van der Waals surface area contributed by atoms with E-state index < -0.39 is 0 Å². The summed E-state index contributed by atoms with van der Waals surface area (Å²) in [6.45, 7) is 0.886. The molecule has 0 unspecified atom stereocenters. The number of fused-ring (bicyclic) bond motifs is 1. The molecule has 12 heavy (non-hydrogen) atoms. The van der Waals surface area contributed by atoms with E-state index in [0.717, 1.165) is 18.8 Å². The molecule has 2 rings (SSSR count). The van der Waals surface area contributed by atoms with Gasteiger partial charge in [-0.25, -0.2) is 0 Å². The molecule has 1 aliphatic heterocycles. The zero-order valence-corrected chi connectivity index (χ0v) is 7.80. The molecule has 1 aliphatic rings. The Kier molecular flexibility index (Phi) is 4.98. The summed E-state index contributed by atoms with van der Waals surface area (Å²) in [6.07, 6.45) is 2.34. The number of benzene rings is 1. The van der Waals surface area contributed by atoms with Crippen molar-refractivity contribution >= 4 is 0 Å². The van der Waals surface area contributed by atoms with Gasteiger partial charge >= 0.3 is 0 Å². The molecule has 1 heterocycles. The molecule has 2 nitrogen and oxygen atoms in total. The molecule has 0 radical (unpaired) electrons. The second-order valence-electron chi connectivity index (χ2n) is 2.56. The van der Waals surface area contributed by atoms with Crippen LogP contribution >= 0.6 is 0 Å². The Labute approximate surface area is 82.7 Å². The van der Waals surface area contributed by atoms with E-state index in [1.165, 1.54) is 12.0 Å². The molecule has 1 aromatic rings. The molecule has 0 fully saturated rings. The van der Waals surface area contributed by atoms with E-state index in [4.69, 9.17) is 4.74 Å². The smallest absolute Gasteiger partial charge is 0.122 e. The van der Waals surface area contributed by atoms with Gasteiger partial charge in [0.15, 0.2) is 0 Å². The largest absolute Gasteiger partial charge is 0.493 e. The molecule has 0 aromatic heterocycles. The molecule has 68 valence electrons. The molecule has 0 spiro atoms. The second kappa shape index (κ2) is 5.20. The molecule has 0 saturated carbocycles. The SMILES string of the molecule is O.[Fe].c1ccc2c(c1)CCCO2. The van der Waals surface area contributed by atoms with Crippen LogP contribution in [0.5, 0.6) is 5.75 Å². The fraction of sp³-hybridized carbons (Fsp3) is 0.333. The summed E-state index contributed by atoms with van der Waals surface area (Å²) < 4.78 is 5.42. The third-order valence-electron chi connectivity index (χ3n) is 1.82. The van der Waals surface area contributed by atoms with Crippen LogP contribution in [-0.4, -0.2) is 12.1 Å². The number of para-hydroxylation sites is 1. The monoisotopic (exact) mass is 208 g/mol. The minimum absolute atomic E-state index is 0. The van der Waals surface area contributed by atoms with E-state index in [-0.39, 0.29) is 22.5 Å². The van der Waals surface area contributed by atoms with Crippen LogP contribution in [0.4, 0.5) is 0 Å². The zero-order chi connectivity index (χ0) is 6.81. The number of ether oxygens (including phenoxy) is 1. The summed E-state index contributed by atoms with van der Waals surface area (Å²) >= 11 is 0. The van der Waals surface area contributed by atoms with Gasteiger partial charge in [0.05, 0.1) is 6.61 Å². The minimum Gasteiger partial charge on any atom is -0.493 e. The zero-order valence-electron chi connectivity index (χ0n) is 6.69. The summed E-state index contributed by atoms with van der Waals surface area (Å²) in [5.41, 5.74) is 1.36. The Morgan fingerprint density at radius 3 is 2.67 bits per heavy atom. The first-order chi connectivity index (χ1) is 4.97. The molecule has 0 saturated heterocycles. The van der Waals surface area contributed by atoms with E-state index in [1.54, 1.807) is 0 Å². The molecule has 0 amide bonds. The molecular weight excluding hydrogens is 196 g/mol. The van der Waals surface area contributed by atoms with Crippen molar-refractivity contribution in [1.29, 1.82) is 0 Å². The third kappa shape index (κ3) is 2.24. The van der Waals surface area contributed by atoms with Gasteiger partial charge in [-0.3, -0.25) is 0 Å². The number of hydrogen-bond acceptors (Lipinski definition) is 1. The molecule has 2 N–H and O–H groups in total. The fourth-order valence-corrected chi connectivity index (χ4v) is 1.30. The Morgan fingerprint density at radius 2 is 1.92 bits per heavy atom. The van der Waals surface area contributed by atoms with Gasteiger partial charge in [0.2, 0.25) is 0 Å². The Bertz CT molecular complexity index is 213. The maximum absolute atomic E-state index is 5.42. The van der Waals surface area contributed by atoms with Gasteiger partial charge < -0.3 is 10.2 Å². The first kappa shape index (κ1) is 11.5. The van der Waals surface area contributed by atoms with Gasteiger partial charge in [-0.05, 0) is 24.5 Å². The average Bonchev–Trinajstić information content (AvgIpc) is 2.05. The fourth-order valence-electron chi connectivity index (χ4n) is 1.30. The first-order valence-corrected chi connectivity index (χ1v) is 3.67. The van der Waals surface area contributed by atoms with E-state index >= 15 is 0 Å². The molecule has 1 aromatic carbocycles. The Balaban J connectivity index is 0.000000605. The van der Waals surface area contributed by atoms with Crippen LogP contribution in [0.25, 0.3) is 0 Å². The van der Waals surface area contributed by atoms with Crippen molar-refractivity contribution in [2.75, 3.05) is 6.61 Å². The Morgan fingerprint density at radius 1 is 1.17 bits per heavy atom. The van der Waals surface area contributed by atoms with Crippen molar-refractivity contribution in [1.82, 2.24) is 0 Å². The summed E-state index contributed by atoms with van der Waals surface area (Å²) in [5, 5.41) is 0. The van der Waals surface area contributed by atoms with Crippen molar-refractivity contribution < 1.29 is 27.3 Å². The topological polar surface area (TPSA) is 40.7 Å². The Hall–Kier alpha value is -0.501. The summed E-state index contributed by atoms with van der Waals surface area (Å²) in [6, 6.07) is 8.25. The van der Waals surface area contributed by atoms with Crippen molar-refractivity contribution in [2.45, 2.75) is 12.8 Å². The maximum Gasteiger partial charge on any atom is 0.122 e. The normalized spacial score (nSPS) is 13.0. The van der Waals surface area contributed by atoms with Crippen LogP contribution in [0, 0.1) is 0 Å². The molecule has 0 atom stereocenters. The quantitative estimate of drug-likeness (QED) is 0.590. The predicted octanol–water partition coefficient (Wildman–Crippen LogP) is 1.18. The summed E-state index contributed by atoms with van der Waals surface area (Å²) in [4.78, 5) is 0. The van der Waals surface area contributed by atoms with Crippen LogP contribution in [-0.2, 0) is 23.5 Å². The number of rotatable bonds is 0. The van der Waals surface area contributed by atoms with E-state index in [1.807, 2.05) is 12.1 Å². The molecule has 3 heteroatoms. The van der Waals surface area contributed by atoms with Crippen molar-refractivity contribution in [2.24, 2.45) is 0 Å². The van der Waals surface area contributed by atoms with Crippen molar-refractivity contribution in [3.05, 3.63) is 29.8 Å². The van der Waals surface area contributed by atoms with Crippen LogP contribution < -0.4 is 4.74 Å². The maximum atomic E-state index is 5.42. The van der Waals surface area contributed by atoms with Gasteiger partial charge in [-0.1, -0.05) is 18.2 Å². The van der Waals surface area contributed by atoms with Crippen LogP contribution in [0.3, 0.4) is 0 Å². The van der Waals surface area contributed by atoms with Crippen LogP contribution in [0.15, 0.2) is 24.3 Å².